The molecule has 19 heavy (non-hydrogen) atoms. The summed E-state index contributed by atoms with van der Waals surface area (Å²) >= 11 is 0. The van der Waals surface area contributed by atoms with Gasteiger partial charge in [-0.05, 0) is 18.2 Å². The van der Waals surface area contributed by atoms with E-state index in [0.29, 0.717) is 22.6 Å². The molecule has 0 fully saturated rings. The van der Waals surface area contributed by atoms with Crippen molar-refractivity contribution >= 4 is 5.97 Å². The number of methoxy groups -OCH3 is 1. The maximum atomic E-state index is 11.8. The molecule has 1 heterocycles. The Morgan fingerprint density at radius 1 is 1.21 bits per heavy atom. The van der Waals surface area contributed by atoms with Crippen molar-refractivity contribution in [1.29, 1.82) is 0 Å². The van der Waals surface area contributed by atoms with Gasteiger partial charge in [-0.25, -0.2) is 4.79 Å². The largest absolute Gasteiger partial charge is 0.465 e. The molecule has 4 heteroatoms. The van der Waals surface area contributed by atoms with Crippen LogP contribution in [0.25, 0.3) is 11.3 Å². The van der Waals surface area contributed by atoms with Gasteiger partial charge in [-0.15, -0.1) is 0 Å². The second-order valence-electron chi connectivity index (χ2n) is 5.42. The monoisotopic (exact) mass is 260 g/mol. The van der Waals surface area contributed by atoms with Gasteiger partial charge in [-0.1, -0.05) is 20.8 Å². The fraction of sp³-hybridized carbons (Fsp3) is 0.333. The summed E-state index contributed by atoms with van der Waals surface area (Å²) in [5.74, 6) is 0.594. The highest BCUT2D eigenvalue weighted by Gasteiger charge is 2.24. The van der Waals surface area contributed by atoms with Crippen LogP contribution in [0.3, 0.4) is 0 Å². The fourth-order valence-electron chi connectivity index (χ4n) is 1.81. The van der Waals surface area contributed by atoms with E-state index in [1.807, 2.05) is 20.8 Å². The van der Waals surface area contributed by atoms with Crippen molar-refractivity contribution < 1.29 is 13.9 Å². The van der Waals surface area contributed by atoms with E-state index >= 15 is 0 Å². The van der Waals surface area contributed by atoms with E-state index in [1.54, 1.807) is 12.1 Å². The van der Waals surface area contributed by atoms with Crippen LogP contribution in [0.5, 0.6) is 0 Å². The summed E-state index contributed by atoms with van der Waals surface area (Å²) in [6.07, 6.45) is 0. The lowest BCUT2D eigenvalue weighted by Crippen LogP contribution is -2.15. The second-order valence-corrected chi connectivity index (χ2v) is 5.42. The Hall–Kier alpha value is -2.10. The maximum Gasteiger partial charge on any atom is 0.338 e. The molecule has 0 amide bonds. The summed E-state index contributed by atoms with van der Waals surface area (Å²) < 4.78 is 10.5. The fourth-order valence-corrected chi connectivity index (χ4v) is 1.81. The Morgan fingerprint density at radius 2 is 1.89 bits per heavy atom. The summed E-state index contributed by atoms with van der Waals surface area (Å²) in [5.41, 5.74) is 0.571. The lowest BCUT2D eigenvalue weighted by atomic mass is 9.90. The molecule has 2 rings (SSSR count). The van der Waals surface area contributed by atoms with Gasteiger partial charge in [0.1, 0.15) is 11.5 Å². The second kappa shape index (κ2) is 4.53. The van der Waals surface area contributed by atoms with Crippen LogP contribution in [-0.2, 0) is 10.2 Å². The number of carbonyl (C=O) groups is 1. The van der Waals surface area contributed by atoms with E-state index in [1.165, 1.54) is 19.2 Å². The minimum absolute atomic E-state index is 0.155. The summed E-state index contributed by atoms with van der Waals surface area (Å²) in [7, 11) is 1.33. The van der Waals surface area contributed by atoms with Crippen molar-refractivity contribution in [2.24, 2.45) is 0 Å². The third kappa shape index (κ3) is 2.52. The van der Waals surface area contributed by atoms with Crippen LogP contribution < -0.4 is 5.43 Å². The molecule has 0 radical (unpaired) electrons. The van der Waals surface area contributed by atoms with E-state index in [-0.39, 0.29) is 10.8 Å². The van der Waals surface area contributed by atoms with E-state index in [2.05, 4.69) is 0 Å². The Kier molecular flexibility index (Phi) is 3.18. The third-order valence-corrected chi connectivity index (χ3v) is 2.88. The van der Waals surface area contributed by atoms with Crippen molar-refractivity contribution in [2.45, 2.75) is 26.2 Å². The molecular formula is C15H16O4. The van der Waals surface area contributed by atoms with Crippen molar-refractivity contribution in [1.82, 2.24) is 0 Å². The van der Waals surface area contributed by atoms with Crippen molar-refractivity contribution in [2.75, 3.05) is 7.11 Å². The Balaban J connectivity index is 2.80. The number of rotatable bonds is 1. The van der Waals surface area contributed by atoms with Crippen molar-refractivity contribution in [3.63, 3.8) is 0 Å². The molecule has 0 atom stereocenters. The van der Waals surface area contributed by atoms with Crippen LogP contribution in [0, 0.1) is 0 Å². The zero-order valence-electron chi connectivity index (χ0n) is 11.4. The van der Waals surface area contributed by atoms with Crippen LogP contribution in [0.1, 0.15) is 36.9 Å². The molecule has 4 nitrogen and oxygen atoms in total. The molecule has 1 aliphatic heterocycles. The van der Waals surface area contributed by atoms with Gasteiger partial charge in [-0.3, -0.25) is 4.79 Å². The van der Waals surface area contributed by atoms with Crippen LogP contribution in [0.15, 0.2) is 33.5 Å². The number of ether oxygens (including phenoxy) is 1. The van der Waals surface area contributed by atoms with Crippen molar-refractivity contribution in [3.05, 3.63) is 45.8 Å². The van der Waals surface area contributed by atoms with Crippen molar-refractivity contribution in [3.8, 4) is 11.3 Å². The van der Waals surface area contributed by atoms with E-state index in [0.717, 1.165) is 0 Å². The van der Waals surface area contributed by atoms with Crippen LogP contribution in [0.4, 0.5) is 0 Å². The maximum absolute atomic E-state index is 11.8. The summed E-state index contributed by atoms with van der Waals surface area (Å²) in [4.78, 5) is 23.3. The molecular weight excluding hydrogens is 244 g/mol. The Morgan fingerprint density at radius 3 is 2.47 bits per heavy atom. The first-order chi connectivity index (χ1) is 8.82. The van der Waals surface area contributed by atoms with Gasteiger partial charge in [0.15, 0.2) is 5.43 Å². The molecule has 0 saturated carbocycles. The van der Waals surface area contributed by atoms with Gasteiger partial charge in [0.05, 0.1) is 12.7 Å². The average molecular weight is 260 g/mol. The first kappa shape index (κ1) is 13.3. The average Bonchev–Trinajstić information content (AvgIpc) is 2.34. The molecule has 1 aliphatic carbocycles. The minimum Gasteiger partial charge on any atom is -0.465 e. The first-order valence-corrected chi connectivity index (χ1v) is 5.99. The lowest BCUT2D eigenvalue weighted by molar-refractivity contribution is 0.0600. The molecule has 0 aromatic carbocycles. The van der Waals surface area contributed by atoms with E-state index in [9.17, 15) is 9.59 Å². The van der Waals surface area contributed by atoms with E-state index < -0.39 is 5.97 Å². The Labute approximate surface area is 111 Å². The summed E-state index contributed by atoms with van der Waals surface area (Å²) in [6, 6.07) is 6.05. The number of esters is 1. The van der Waals surface area contributed by atoms with Gasteiger partial charge >= 0.3 is 5.97 Å². The standard InChI is InChI=1S/C15H16O4/c1-15(2,3)13-8-11(14(17)18-4)10-6-5-9(16)7-12(10)19-13/h5-8H,1-4H3. The van der Waals surface area contributed by atoms with Gasteiger partial charge in [0.25, 0.3) is 0 Å². The first-order valence-electron chi connectivity index (χ1n) is 5.99. The van der Waals surface area contributed by atoms with Crippen LogP contribution in [0.2, 0.25) is 0 Å². The number of fused-ring (bicyclic) bond motifs is 1. The number of carbonyl (C=O) groups excluding carboxylic acids is 1. The number of hydrogen-bond donors (Lipinski definition) is 0. The molecule has 0 bridgehead atoms. The highest BCUT2D eigenvalue weighted by atomic mass is 16.5. The molecule has 0 unspecified atom stereocenters. The van der Waals surface area contributed by atoms with Crippen LogP contribution >= 0.6 is 0 Å². The summed E-state index contributed by atoms with van der Waals surface area (Å²) in [6.45, 7) is 5.92. The Bertz CT molecular complexity index is 646. The van der Waals surface area contributed by atoms with Gasteiger partial charge in [0, 0.05) is 17.0 Å². The smallest absolute Gasteiger partial charge is 0.338 e. The minimum atomic E-state index is -0.440. The number of hydrogen-bond acceptors (Lipinski definition) is 4. The molecule has 2 aliphatic rings. The molecule has 100 valence electrons. The highest BCUT2D eigenvalue weighted by molar-refractivity contribution is 5.96. The summed E-state index contributed by atoms with van der Waals surface area (Å²) in [5, 5.41) is 0. The SMILES string of the molecule is COC(=O)c1cc(C(C)(C)C)oc2cc(=O)ccc1-2. The molecule has 0 spiro atoms. The molecule has 0 aromatic rings. The predicted octanol–water partition coefficient (Wildman–Crippen LogP) is 2.83. The highest BCUT2D eigenvalue weighted by Crippen LogP contribution is 2.32. The zero-order valence-corrected chi connectivity index (χ0v) is 11.4. The quantitative estimate of drug-likeness (QED) is 0.740. The lowest BCUT2D eigenvalue weighted by Gasteiger charge is -2.20. The van der Waals surface area contributed by atoms with E-state index in [4.69, 9.17) is 9.15 Å². The van der Waals surface area contributed by atoms with Crippen LogP contribution in [-0.4, -0.2) is 13.1 Å². The van der Waals surface area contributed by atoms with Gasteiger partial charge < -0.3 is 9.15 Å². The van der Waals surface area contributed by atoms with Gasteiger partial charge in [-0.2, -0.15) is 0 Å². The number of benzene rings is 1. The topological polar surface area (TPSA) is 56.5 Å². The molecule has 0 aromatic heterocycles. The normalized spacial score (nSPS) is 11.6. The molecule has 0 saturated heterocycles. The molecule has 0 N–H and O–H groups in total. The van der Waals surface area contributed by atoms with Gasteiger partial charge in [0.2, 0.25) is 0 Å². The third-order valence-electron chi connectivity index (χ3n) is 2.88. The predicted molar refractivity (Wildman–Crippen MR) is 71.6 cm³/mol. The zero-order chi connectivity index (χ0) is 14.2.